The lowest BCUT2D eigenvalue weighted by atomic mass is 10.2. The minimum Gasteiger partial charge on any atom is -0.485 e. The molecule has 1 aromatic rings. The number of hydrogen-bond acceptors (Lipinski definition) is 5. The van der Waals surface area contributed by atoms with E-state index in [1.165, 1.54) is 0 Å². The van der Waals surface area contributed by atoms with Gasteiger partial charge in [-0.05, 0) is 32.5 Å². The largest absolute Gasteiger partial charge is 0.485 e. The van der Waals surface area contributed by atoms with Crippen LogP contribution in [0.5, 0.6) is 11.5 Å². The molecule has 0 saturated heterocycles. The SMILES string of the molecule is CCNCCOc1cccc(OC(C)C)c1[N+](=O)[O-]. The third-order valence-electron chi connectivity index (χ3n) is 2.29. The number of rotatable bonds is 8. The quantitative estimate of drug-likeness (QED) is 0.445. The number of nitrogens with one attached hydrogen (secondary N) is 1. The number of hydrogen-bond donors (Lipinski definition) is 1. The van der Waals surface area contributed by atoms with Crippen LogP contribution in [0, 0.1) is 10.1 Å². The Morgan fingerprint density at radius 2 is 2.05 bits per heavy atom. The second-order valence-corrected chi connectivity index (χ2v) is 4.23. The lowest BCUT2D eigenvalue weighted by Gasteiger charge is -2.12. The number of para-hydroxylation sites is 1. The summed E-state index contributed by atoms with van der Waals surface area (Å²) in [5, 5.41) is 14.2. The molecule has 1 rings (SSSR count). The van der Waals surface area contributed by atoms with Crippen LogP contribution in [0.4, 0.5) is 5.69 Å². The molecule has 6 nitrogen and oxygen atoms in total. The molecule has 0 aliphatic heterocycles. The maximum absolute atomic E-state index is 11.1. The van der Waals surface area contributed by atoms with E-state index in [0.29, 0.717) is 13.2 Å². The van der Waals surface area contributed by atoms with Crippen molar-refractivity contribution in [3.05, 3.63) is 28.3 Å². The summed E-state index contributed by atoms with van der Waals surface area (Å²) in [7, 11) is 0. The summed E-state index contributed by atoms with van der Waals surface area (Å²) in [6.07, 6.45) is -0.129. The molecule has 0 aliphatic carbocycles. The molecule has 1 aromatic carbocycles. The topological polar surface area (TPSA) is 73.6 Å². The second kappa shape index (κ2) is 7.58. The second-order valence-electron chi connectivity index (χ2n) is 4.23. The summed E-state index contributed by atoms with van der Waals surface area (Å²) in [5.41, 5.74) is -0.118. The van der Waals surface area contributed by atoms with Crippen LogP contribution in [0.3, 0.4) is 0 Å². The smallest absolute Gasteiger partial charge is 0.352 e. The molecule has 0 fully saturated rings. The van der Waals surface area contributed by atoms with Crippen molar-refractivity contribution >= 4 is 5.69 Å². The minimum absolute atomic E-state index is 0.118. The Labute approximate surface area is 112 Å². The first-order valence-electron chi connectivity index (χ1n) is 6.33. The Hall–Kier alpha value is -1.82. The maximum Gasteiger partial charge on any atom is 0.352 e. The monoisotopic (exact) mass is 268 g/mol. The predicted octanol–water partition coefficient (Wildman–Crippen LogP) is 2.37. The highest BCUT2D eigenvalue weighted by Gasteiger charge is 2.22. The van der Waals surface area contributed by atoms with Crippen LogP contribution < -0.4 is 14.8 Å². The fourth-order valence-corrected chi connectivity index (χ4v) is 1.56. The van der Waals surface area contributed by atoms with Gasteiger partial charge in [0.1, 0.15) is 6.61 Å². The van der Waals surface area contributed by atoms with Gasteiger partial charge < -0.3 is 14.8 Å². The van der Waals surface area contributed by atoms with Gasteiger partial charge in [0.25, 0.3) is 0 Å². The molecular formula is C13H20N2O4. The highest BCUT2D eigenvalue weighted by molar-refractivity contribution is 5.57. The molecule has 0 amide bonds. The molecule has 0 heterocycles. The van der Waals surface area contributed by atoms with Crippen LogP contribution in [0.25, 0.3) is 0 Å². The van der Waals surface area contributed by atoms with Crippen molar-refractivity contribution in [2.24, 2.45) is 0 Å². The van der Waals surface area contributed by atoms with Crippen LogP contribution in [0.1, 0.15) is 20.8 Å². The molecule has 6 heteroatoms. The first-order valence-corrected chi connectivity index (χ1v) is 6.33. The van der Waals surface area contributed by atoms with Crippen molar-refractivity contribution in [3.63, 3.8) is 0 Å². The zero-order chi connectivity index (χ0) is 14.3. The van der Waals surface area contributed by atoms with E-state index in [1.807, 2.05) is 20.8 Å². The standard InChI is InChI=1S/C13H20N2O4/c1-4-14-8-9-18-11-6-5-7-12(19-10(2)3)13(11)15(16)17/h5-7,10,14H,4,8-9H2,1-3H3. The molecule has 106 valence electrons. The summed E-state index contributed by atoms with van der Waals surface area (Å²) in [5.74, 6) is 0.474. The van der Waals surface area contributed by atoms with E-state index in [4.69, 9.17) is 9.47 Å². The molecular weight excluding hydrogens is 248 g/mol. The van der Waals surface area contributed by atoms with Gasteiger partial charge in [0.05, 0.1) is 11.0 Å². The molecule has 0 aromatic heterocycles. The predicted molar refractivity (Wildman–Crippen MR) is 72.9 cm³/mol. The zero-order valence-electron chi connectivity index (χ0n) is 11.5. The summed E-state index contributed by atoms with van der Waals surface area (Å²) in [6.45, 7) is 7.48. The summed E-state index contributed by atoms with van der Waals surface area (Å²) >= 11 is 0. The molecule has 19 heavy (non-hydrogen) atoms. The number of nitro benzene ring substituents is 1. The average molecular weight is 268 g/mol. The van der Waals surface area contributed by atoms with E-state index in [-0.39, 0.29) is 23.3 Å². The van der Waals surface area contributed by atoms with Crippen molar-refractivity contribution in [2.75, 3.05) is 19.7 Å². The van der Waals surface area contributed by atoms with Gasteiger partial charge in [-0.2, -0.15) is 0 Å². The number of ether oxygens (including phenoxy) is 2. The van der Waals surface area contributed by atoms with E-state index in [1.54, 1.807) is 18.2 Å². The average Bonchev–Trinajstić information content (AvgIpc) is 2.33. The van der Waals surface area contributed by atoms with Gasteiger partial charge in [-0.15, -0.1) is 0 Å². The van der Waals surface area contributed by atoms with Crippen LogP contribution >= 0.6 is 0 Å². The van der Waals surface area contributed by atoms with Gasteiger partial charge in [0.15, 0.2) is 0 Å². The van der Waals surface area contributed by atoms with Crippen molar-refractivity contribution in [2.45, 2.75) is 26.9 Å². The van der Waals surface area contributed by atoms with E-state index < -0.39 is 4.92 Å². The molecule has 0 atom stereocenters. The lowest BCUT2D eigenvalue weighted by Crippen LogP contribution is -2.20. The number of likely N-dealkylation sites (N-methyl/N-ethyl adjacent to an activating group) is 1. The Bertz CT molecular complexity index is 421. The van der Waals surface area contributed by atoms with Gasteiger partial charge in [-0.3, -0.25) is 10.1 Å². The van der Waals surface area contributed by atoms with Crippen molar-refractivity contribution in [1.82, 2.24) is 5.32 Å². The van der Waals surface area contributed by atoms with Crippen LogP contribution in [0.2, 0.25) is 0 Å². The van der Waals surface area contributed by atoms with Gasteiger partial charge in [-0.25, -0.2) is 0 Å². The minimum atomic E-state index is -0.472. The molecule has 0 radical (unpaired) electrons. The van der Waals surface area contributed by atoms with Crippen LogP contribution in [-0.2, 0) is 0 Å². The highest BCUT2D eigenvalue weighted by atomic mass is 16.6. The van der Waals surface area contributed by atoms with Crippen molar-refractivity contribution in [3.8, 4) is 11.5 Å². The van der Waals surface area contributed by atoms with Crippen LogP contribution in [0.15, 0.2) is 18.2 Å². The maximum atomic E-state index is 11.1. The van der Waals surface area contributed by atoms with E-state index in [2.05, 4.69) is 5.32 Å². The Kier molecular flexibility index (Phi) is 6.08. The Morgan fingerprint density at radius 3 is 2.63 bits per heavy atom. The molecule has 0 spiro atoms. The van der Waals surface area contributed by atoms with E-state index in [9.17, 15) is 10.1 Å². The summed E-state index contributed by atoms with van der Waals surface area (Å²) in [6, 6.07) is 4.85. The fourth-order valence-electron chi connectivity index (χ4n) is 1.56. The van der Waals surface area contributed by atoms with Crippen molar-refractivity contribution in [1.29, 1.82) is 0 Å². The third-order valence-corrected chi connectivity index (χ3v) is 2.29. The van der Waals surface area contributed by atoms with Gasteiger partial charge in [0, 0.05) is 6.54 Å². The number of benzene rings is 1. The third kappa shape index (κ3) is 4.75. The van der Waals surface area contributed by atoms with Crippen molar-refractivity contribution < 1.29 is 14.4 Å². The van der Waals surface area contributed by atoms with Gasteiger partial charge in [0.2, 0.25) is 11.5 Å². The molecule has 0 unspecified atom stereocenters. The lowest BCUT2D eigenvalue weighted by molar-refractivity contribution is -0.387. The molecule has 0 saturated carbocycles. The first-order chi connectivity index (χ1) is 9.06. The fraction of sp³-hybridized carbons (Fsp3) is 0.538. The molecule has 0 bridgehead atoms. The number of nitrogens with zero attached hydrogens (tertiary/aromatic N) is 1. The van der Waals surface area contributed by atoms with Gasteiger partial charge >= 0.3 is 5.69 Å². The van der Waals surface area contributed by atoms with Crippen LogP contribution in [-0.4, -0.2) is 30.7 Å². The number of nitro groups is 1. The summed E-state index contributed by atoms with van der Waals surface area (Å²) in [4.78, 5) is 10.7. The Balaban J connectivity index is 2.87. The first kappa shape index (κ1) is 15.2. The molecule has 0 aliphatic rings. The zero-order valence-corrected chi connectivity index (χ0v) is 11.5. The normalized spacial score (nSPS) is 10.5. The highest BCUT2D eigenvalue weighted by Crippen LogP contribution is 2.36. The summed E-state index contributed by atoms with van der Waals surface area (Å²) < 4.78 is 10.9. The van der Waals surface area contributed by atoms with E-state index in [0.717, 1.165) is 6.54 Å². The van der Waals surface area contributed by atoms with Gasteiger partial charge in [-0.1, -0.05) is 13.0 Å². The Morgan fingerprint density at radius 1 is 1.37 bits per heavy atom. The van der Waals surface area contributed by atoms with E-state index >= 15 is 0 Å². The molecule has 1 N–H and O–H groups in total.